The van der Waals surface area contributed by atoms with Crippen molar-refractivity contribution in [2.75, 3.05) is 0 Å². The summed E-state index contributed by atoms with van der Waals surface area (Å²) in [6.45, 7) is 2.86. The lowest BCUT2D eigenvalue weighted by molar-refractivity contribution is 0.306. The fourth-order valence-corrected chi connectivity index (χ4v) is 1.87. The highest BCUT2D eigenvalue weighted by Gasteiger charge is 1.96. The van der Waals surface area contributed by atoms with Gasteiger partial charge in [0.05, 0.1) is 0 Å². The first-order valence-corrected chi connectivity index (χ1v) is 6.64. The largest absolute Gasteiger partial charge is 0.489 e. The summed E-state index contributed by atoms with van der Waals surface area (Å²) in [5.41, 5.74) is 2.64. The average molecular weight is 240 g/mol. The second kappa shape index (κ2) is 6.85. The molecule has 1 nitrogen and oxygen atoms in total. The predicted molar refractivity (Wildman–Crippen MR) is 75.8 cm³/mol. The summed E-state index contributed by atoms with van der Waals surface area (Å²) in [7, 11) is 0. The van der Waals surface area contributed by atoms with E-state index in [0.29, 0.717) is 6.61 Å². The van der Waals surface area contributed by atoms with Crippen molar-refractivity contribution in [2.45, 2.75) is 32.8 Å². The van der Waals surface area contributed by atoms with Gasteiger partial charge in [-0.05, 0) is 36.1 Å². The fraction of sp³-hybridized carbons (Fsp3) is 0.294. The van der Waals surface area contributed by atoms with E-state index in [-0.39, 0.29) is 0 Å². The minimum atomic E-state index is 0.637. The standard InChI is InChI=1S/C17H20O/c1-2-3-7-15-10-12-16(13-11-15)14-18-17-8-5-4-6-9-17/h4-6,8-13H,2-3,7,14H2,1H3. The molecule has 0 radical (unpaired) electrons. The van der Waals surface area contributed by atoms with Crippen molar-refractivity contribution in [3.8, 4) is 5.75 Å². The van der Waals surface area contributed by atoms with E-state index < -0.39 is 0 Å². The van der Waals surface area contributed by atoms with Crippen LogP contribution in [0, 0.1) is 0 Å². The molecule has 0 N–H and O–H groups in total. The van der Waals surface area contributed by atoms with Gasteiger partial charge < -0.3 is 4.74 Å². The van der Waals surface area contributed by atoms with Crippen LogP contribution >= 0.6 is 0 Å². The molecule has 0 amide bonds. The molecule has 0 aliphatic heterocycles. The number of para-hydroxylation sites is 1. The van der Waals surface area contributed by atoms with Crippen molar-refractivity contribution < 1.29 is 4.74 Å². The molecule has 0 atom stereocenters. The molecule has 94 valence electrons. The van der Waals surface area contributed by atoms with E-state index >= 15 is 0 Å². The first-order chi connectivity index (χ1) is 8.88. The van der Waals surface area contributed by atoms with Gasteiger partial charge in [-0.1, -0.05) is 55.8 Å². The molecule has 2 aromatic rings. The molecule has 1 heteroatoms. The molecule has 2 aromatic carbocycles. The normalized spacial score (nSPS) is 10.3. The quantitative estimate of drug-likeness (QED) is 0.716. The molecule has 0 saturated carbocycles. The first kappa shape index (κ1) is 12.7. The Hall–Kier alpha value is -1.76. The number of benzene rings is 2. The Kier molecular flexibility index (Phi) is 4.83. The maximum absolute atomic E-state index is 5.71. The maximum Gasteiger partial charge on any atom is 0.119 e. The Balaban J connectivity index is 1.86. The van der Waals surface area contributed by atoms with Crippen molar-refractivity contribution in [2.24, 2.45) is 0 Å². The third kappa shape index (κ3) is 3.92. The van der Waals surface area contributed by atoms with Crippen LogP contribution in [0.1, 0.15) is 30.9 Å². The molecular formula is C17H20O. The van der Waals surface area contributed by atoms with Gasteiger partial charge in [-0.3, -0.25) is 0 Å². The number of aryl methyl sites for hydroxylation is 1. The first-order valence-electron chi connectivity index (χ1n) is 6.64. The van der Waals surface area contributed by atoms with Crippen LogP contribution in [0.2, 0.25) is 0 Å². The molecular weight excluding hydrogens is 220 g/mol. The molecule has 18 heavy (non-hydrogen) atoms. The van der Waals surface area contributed by atoms with Crippen molar-refractivity contribution in [3.05, 3.63) is 65.7 Å². The van der Waals surface area contributed by atoms with Crippen molar-refractivity contribution >= 4 is 0 Å². The summed E-state index contributed by atoms with van der Waals surface area (Å²) >= 11 is 0. The van der Waals surface area contributed by atoms with Gasteiger partial charge in [0, 0.05) is 0 Å². The summed E-state index contributed by atoms with van der Waals surface area (Å²) in [4.78, 5) is 0. The van der Waals surface area contributed by atoms with Gasteiger partial charge in [0.15, 0.2) is 0 Å². The summed E-state index contributed by atoms with van der Waals surface area (Å²) in [6.07, 6.45) is 3.69. The lowest BCUT2D eigenvalue weighted by atomic mass is 10.1. The topological polar surface area (TPSA) is 9.23 Å². The monoisotopic (exact) mass is 240 g/mol. The highest BCUT2D eigenvalue weighted by Crippen LogP contribution is 2.13. The van der Waals surface area contributed by atoms with E-state index in [1.807, 2.05) is 30.3 Å². The molecule has 0 saturated heterocycles. The summed E-state index contributed by atoms with van der Waals surface area (Å²) in [5.74, 6) is 0.924. The van der Waals surface area contributed by atoms with E-state index in [9.17, 15) is 0 Å². The van der Waals surface area contributed by atoms with E-state index in [2.05, 4.69) is 31.2 Å². The number of ether oxygens (including phenoxy) is 1. The molecule has 0 aliphatic rings. The number of rotatable bonds is 6. The Morgan fingerprint density at radius 2 is 1.50 bits per heavy atom. The Bertz CT molecular complexity index is 445. The van der Waals surface area contributed by atoms with E-state index in [1.54, 1.807) is 0 Å². The zero-order valence-electron chi connectivity index (χ0n) is 10.9. The van der Waals surface area contributed by atoms with Crippen LogP contribution in [-0.2, 0) is 13.0 Å². The second-order valence-corrected chi connectivity index (χ2v) is 4.52. The summed E-state index contributed by atoms with van der Waals surface area (Å²) in [5, 5.41) is 0. The Morgan fingerprint density at radius 1 is 0.833 bits per heavy atom. The van der Waals surface area contributed by atoms with Gasteiger partial charge in [-0.2, -0.15) is 0 Å². The molecule has 2 rings (SSSR count). The van der Waals surface area contributed by atoms with Gasteiger partial charge >= 0.3 is 0 Å². The van der Waals surface area contributed by atoms with E-state index in [4.69, 9.17) is 4.74 Å². The third-order valence-electron chi connectivity index (χ3n) is 2.99. The summed E-state index contributed by atoms with van der Waals surface area (Å²) < 4.78 is 5.71. The molecule has 0 fully saturated rings. The third-order valence-corrected chi connectivity index (χ3v) is 2.99. The average Bonchev–Trinajstić information content (AvgIpc) is 2.45. The Labute approximate surface area is 109 Å². The fourth-order valence-electron chi connectivity index (χ4n) is 1.87. The molecule has 0 aliphatic carbocycles. The van der Waals surface area contributed by atoms with Crippen LogP contribution < -0.4 is 4.74 Å². The van der Waals surface area contributed by atoms with Gasteiger partial charge in [-0.15, -0.1) is 0 Å². The Morgan fingerprint density at radius 3 is 2.17 bits per heavy atom. The minimum absolute atomic E-state index is 0.637. The van der Waals surface area contributed by atoms with Crippen LogP contribution in [0.25, 0.3) is 0 Å². The van der Waals surface area contributed by atoms with Gasteiger partial charge in [-0.25, -0.2) is 0 Å². The van der Waals surface area contributed by atoms with Crippen molar-refractivity contribution in [1.82, 2.24) is 0 Å². The molecule has 0 aromatic heterocycles. The lowest BCUT2D eigenvalue weighted by Crippen LogP contribution is -1.95. The van der Waals surface area contributed by atoms with Gasteiger partial charge in [0.2, 0.25) is 0 Å². The van der Waals surface area contributed by atoms with Gasteiger partial charge in [0.25, 0.3) is 0 Å². The number of hydrogen-bond donors (Lipinski definition) is 0. The van der Waals surface area contributed by atoms with Crippen LogP contribution in [-0.4, -0.2) is 0 Å². The molecule has 0 heterocycles. The number of hydrogen-bond acceptors (Lipinski definition) is 1. The lowest BCUT2D eigenvalue weighted by Gasteiger charge is -2.07. The van der Waals surface area contributed by atoms with Gasteiger partial charge in [0.1, 0.15) is 12.4 Å². The molecule has 0 bridgehead atoms. The maximum atomic E-state index is 5.71. The summed E-state index contributed by atoms with van der Waals surface area (Å²) in [6, 6.07) is 18.7. The van der Waals surface area contributed by atoms with Crippen molar-refractivity contribution in [1.29, 1.82) is 0 Å². The minimum Gasteiger partial charge on any atom is -0.489 e. The van der Waals surface area contributed by atoms with Crippen LogP contribution in [0.3, 0.4) is 0 Å². The highest BCUT2D eigenvalue weighted by molar-refractivity contribution is 5.24. The smallest absolute Gasteiger partial charge is 0.119 e. The molecule has 0 spiro atoms. The zero-order chi connectivity index (χ0) is 12.6. The van der Waals surface area contributed by atoms with Crippen LogP contribution in [0.4, 0.5) is 0 Å². The zero-order valence-corrected chi connectivity index (χ0v) is 10.9. The highest BCUT2D eigenvalue weighted by atomic mass is 16.5. The SMILES string of the molecule is CCCCc1ccc(COc2ccccc2)cc1. The van der Waals surface area contributed by atoms with Crippen molar-refractivity contribution in [3.63, 3.8) is 0 Å². The predicted octanol–water partition coefficient (Wildman–Crippen LogP) is 4.61. The van der Waals surface area contributed by atoms with Crippen LogP contribution in [0.15, 0.2) is 54.6 Å². The number of unbranched alkanes of at least 4 members (excludes halogenated alkanes) is 1. The van der Waals surface area contributed by atoms with Crippen LogP contribution in [0.5, 0.6) is 5.75 Å². The second-order valence-electron chi connectivity index (χ2n) is 4.52. The van der Waals surface area contributed by atoms with E-state index in [1.165, 1.54) is 30.4 Å². The molecule has 0 unspecified atom stereocenters. The van der Waals surface area contributed by atoms with E-state index in [0.717, 1.165) is 5.75 Å².